The maximum absolute atomic E-state index is 12.1. The lowest BCUT2D eigenvalue weighted by Gasteiger charge is -2.21. The fourth-order valence-electron chi connectivity index (χ4n) is 2.57. The molecule has 0 radical (unpaired) electrons. The van der Waals surface area contributed by atoms with Crippen LogP contribution in [0.1, 0.15) is 0 Å². The van der Waals surface area contributed by atoms with Crippen molar-refractivity contribution in [1.82, 2.24) is 9.97 Å². The molecule has 0 aliphatic carbocycles. The predicted octanol–water partition coefficient (Wildman–Crippen LogP) is -4.92. The van der Waals surface area contributed by atoms with Gasteiger partial charge in [-0.25, -0.2) is 28.6 Å². The highest BCUT2D eigenvalue weighted by Crippen LogP contribution is 2.31. The number of hydrogen-bond acceptors (Lipinski definition) is 20. The molecule has 0 aliphatic heterocycles. The lowest BCUT2D eigenvalue weighted by atomic mass is 10.5. The van der Waals surface area contributed by atoms with Crippen LogP contribution >= 0.6 is 0 Å². The Labute approximate surface area is 237 Å². The average molecular weight is 632 g/mol. The van der Waals surface area contributed by atoms with Crippen LogP contribution in [0.25, 0.3) is 0 Å². The molecular weight excluding hydrogens is 616 g/mol. The third-order valence-corrected chi connectivity index (χ3v) is 4.37. The van der Waals surface area contributed by atoms with Gasteiger partial charge >= 0.3 is 47.4 Å². The van der Waals surface area contributed by atoms with E-state index in [-0.39, 0.29) is 24.8 Å². The number of rotatable bonds is 8. The fraction of sp³-hybridized carbons (Fsp3) is 0. The van der Waals surface area contributed by atoms with Gasteiger partial charge in [0.25, 0.3) is 23.3 Å². The van der Waals surface area contributed by atoms with Crippen molar-refractivity contribution < 1.29 is 38.5 Å². The van der Waals surface area contributed by atoms with Crippen LogP contribution in [-0.4, -0.2) is 43.9 Å². The summed E-state index contributed by atoms with van der Waals surface area (Å²) < 4.78 is -1.01. The smallest absolute Gasteiger partial charge is 0.444 e. The third-order valence-electron chi connectivity index (χ3n) is 4.37. The molecule has 16 N–H and O–H groups in total. The second-order valence-corrected chi connectivity index (χ2v) is 6.93. The van der Waals surface area contributed by atoms with Crippen molar-refractivity contribution >= 4 is 70.7 Å². The Morgan fingerprint density at radius 1 is 0.591 bits per heavy atom. The molecule has 0 atom stereocenters. The summed E-state index contributed by atoms with van der Waals surface area (Å²) in [5, 5.41) is 50.1. The maximum Gasteiger partial charge on any atom is 0.444 e. The molecule has 0 aromatic carbocycles. The highest BCUT2D eigenvalue weighted by atomic mass is 16.6. The Morgan fingerprint density at radius 2 is 0.841 bits per heavy atom. The summed E-state index contributed by atoms with van der Waals surface area (Å²) in [5.74, 6) is 11.0. The van der Waals surface area contributed by atoms with E-state index in [0.29, 0.717) is 0 Å². The lowest BCUT2D eigenvalue weighted by Crippen LogP contribution is -2.54. The van der Waals surface area contributed by atoms with Crippen molar-refractivity contribution in [2.75, 3.05) is 20.0 Å². The summed E-state index contributed by atoms with van der Waals surface area (Å²) >= 11 is 0. The number of nitro groups is 2. The number of amides is 8. The summed E-state index contributed by atoms with van der Waals surface area (Å²) in [5.41, 5.74) is 19.2. The number of nitrogens with two attached hydrogens (primary N) is 8. The summed E-state index contributed by atoms with van der Waals surface area (Å²) in [6.45, 7) is 0. The van der Waals surface area contributed by atoms with E-state index in [0.717, 1.165) is 0 Å². The summed E-state index contributed by atoms with van der Waals surface area (Å²) in [7, 11) is 0. The molecule has 0 saturated heterocycles. The van der Waals surface area contributed by atoms with Gasteiger partial charge in [0.2, 0.25) is 0 Å². The molecule has 0 aliphatic rings. The molecule has 2 aromatic heterocycles. The van der Waals surface area contributed by atoms with Crippen molar-refractivity contribution in [2.45, 2.75) is 0 Å². The van der Waals surface area contributed by atoms with Gasteiger partial charge in [0.05, 0.1) is 0 Å². The standard InChI is InChI=1S/C6H8N10O7.C6H8N10O5/c7-5(17)12(9)3-1(15(20)21)11-2(16(22)23)4(14(3)19)13(10)6(8)18;7-5(17)14(9)3-1(12-19)11-2(13-20)4(16(3)21)15(10)6(8)18/h9-10H2,(H2,7,17)(H2,8,18);9-10H2,(H2,7,17)(H2,8,18). The number of nitroso groups, excluding NO2 is 2. The van der Waals surface area contributed by atoms with Crippen molar-refractivity contribution in [3.63, 3.8) is 0 Å². The maximum atomic E-state index is 12.1. The first kappa shape index (κ1) is 34.7. The van der Waals surface area contributed by atoms with Gasteiger partial charge in [-0.05, 0) is 20.2 Å². The zero-order valence-corrected chi connectivity index (χ0v) is 20.9. The Balaban J connectivity index is 0.000000442. The Bertz CT molecular complexity index is 1470. The summed E-state index contributed by atoms with van der Waals surface area (Å²) in [6.07, 6.45) is 0. The Kier molecular flexibility index (Phi) is 10.5. The highest BCUT2D eigenvalue weighted by molar-refractivity contribution is 5.93. The van der Waals surface area contributed by atoms with Gasteiger partial charge in [-0.2, -0.15) is 28.4 Å². The van der Waals surface area contributed by atoms with Crippen LogP contribution in [0.15, 0.2) is 10.4 Å². The lowest BCUT2D eigenvalue weighted by molar-refractivity contribution is -0.588. The van der Waals surface area contributed by atoms with Crippen LogP contribution in [0.3, 0.4) is 0 Å². The monoisotopic (exact) mass is 632 g/mol. The third kappa shape index (κ3) is 6.69. The van der Waals surface area contributed by atoms with Crippen molar-refractivity contribution in [3.05, 3.63) is 40.5 Å². The van der Waals surface area contributed by atoms with Gasteiger partial charge in [-0.3, -0.25) is 0 Å². The van der Waals surface area contributed by atoms with Crippen LogP contribution in [0.2, 0.25) is 0 Å². The number of carbonyl (C=O) groups excluding carboxylic acids is 4. The minimum Gasteiger partial charge on any atom is -0.740 e. The van der Waals surface area contributed by atoms with E-state index in [1.807, 2.05) is 0 Å². The zero-order valence-electron chi connectivity index (χ0n) is 20.9. The van der Waals surface area contributed by atoms with Crippen LogP contribution in [0.5, 0.6) is 0 Å². The quantitative estimate of drug-likeness (QED) is 0.0257. The molecule has 0 bridgehead atoms. The van der Waals surface area contributed by atoms with Gasteiger partial charge in [0.1, 0.15) is 0 Å². The zero-order chi connectivity index (χ0) is 34.4. The Morgan fingerprint density at radius 3 is 1.07 bits per heavy atom. The molecule has 0 unspecified atom stereocenters. The van der Waals surface area contributed by atoms with Gasteiger partial charge in [-0.15, -0.1) is 29.8 Å². The molecule has 236 valence electrons. The van der Waals surface area contributed by atoms with Crippen molar-refractivity contribution in [3.8, 4) is 0 Å². The number of nitrogens with zero attached hydrogens (tertiary/aromatic N) is 12. The minimum absolute atomic E-state index is 0.00362. The SMILES string of the molecule is NC(=O)N(N)c1c(N=O)nc(N=O)c(N(N)C(N)=O)[n+]1[O-].NC(=O)N(N)c1c([N+](=O)[O-])nc([N+](=O)[O-])c(N(N)C(N)=O)[n+]1[O-]. The van der Waals surface area contributed by atoms with Crippen LogP contribution in [0, 0.1) is 40.5 Å². The van der Waals surface area contributed by atoms with Gasteiger partial charge < -0.3 is 53.6 Å². The summed E-state index contributed by atoms with van der Waals surface area (Å²) in [6, 6.07) is -5.82. The molecule has 32 nitrogen and oxygen atoms in total. The highest BCUT2D eigenvalue weighted by Gasteiger charge is 2.41. The van der Waals surface area contributed by atoms with Gasteiger partial charge in [0, 0.05) is 4.98 Å². The molecule has 44 heavy (non-hydrogen) atoms. The molecule has 8 amide bonds. The van der Waals surface area contributed by atoms with E-state index in [1.54, 1.807) is 0 Å². The van der Waals surface area contributed by atoms with Crippen LogP contribution in [-0.2, 0) is 0 Å². The molecule has 0 spiro atoms. The van der Waals surface area contributed by atoms with E-state index < -0.39 is 85.2 Å². The van der Waals surface area contributed by atoms with Crippen LogP contribution in [0.4, 0.5) is 65.7 Å². The predicted molar refractivity (Wildman–Crippen MR) is 136 cm³/mol. The van der Waals surface area contributed by atoms with Gasteiger partial charge in [0.15, 0.2) is 0 Å². The van der Waals surface area contributed by atoms with Crippen molar-refractivity contribution in [2.24, 2.45) is 56.7 Å². The molecule has 32 heteroatoms. The second-order valence-electron chi connectivity index (χ2n) is 6.93. The van der Waals surface area contributed by atoms with E-state index in [4.69, 9.17) is 46.3 Å². The fourth-order valence-corrected chi connectivity index (χ4v) is 2.57. The van der Waals surface area contributed by atoms with Gasteiger partial charge in [-0.1, -0.05) is 0 Å². The molecule has 2 rings (SSSR count). The van der Waals surface area contributed by atoms with E-state index in [1.165, 1.54) is 0 Å². The van der Waals surface area contributed by atoms with Crippen molar-refractivity contribution in [1.29, 1.82) is 0 Å². The number of anilines is 4. The first-order valence-corrected chi connectivity index (χ1v) is 9.94. The number of hydrazine groups is 4. The van der Waals surface area contributed by atoms with E-state index in [2.05, 4.69) is 20.3 Å². The number of carbonyl (C=O) groups is 4. The first-order chi connectivity index (χ1) is 20.3. The minimum atomic E-state index is -1.54. The van der Waals surface area contributed by atoms with E-state index >= 15 is 0 Å². The van der Waals surface area contributed by atoms with Crippen LogP contribution < -0.4 is 75.8 Å². The number of hydrogen-bond donors (Lipinski definition) is 8. The largest absolute Gasteiger partial charge is 0.740 e. The Hall–Kier alpha value is -7.32. The normalized spacial score (nSPS) is 9.91. The summed E-state index contributed by atoms with van der Waals surface area (Å²) in [4.78, 5) is 90.5. The molecular formula is C12H16N20O12. The topological polar surface area (TPSA) is 514 Å². The first-order valence-electron chi connectivity index (χ1n) is 9.94. The molecule has 0 saturated carbocycles. The number of aromatic nitrogens is 4. The molecule has 0 fully saturated rings. The number of primary amides is 4. The molecule has 2 heterocycles. The second kappa shape index (κ2) is 13.4. The molecule has 2 aromatic rings. The average Bonchev–Trinajstić information content (AvgIpc) is 2.94. The van der Waals surface area contributed by atoms with E-state index in [9.17, 15) is 59.6 Å². The number of urea groups is 4.